The summed E-state index contributed by atoms with van der Waals surface area (Å²) in [6, 6.07) is 18.3. The molecule has 0 spiro atoms. The highest BCUT2D eigenvalue weighted by molar-refractivity contribution is 5.97. The molecule has 0 atom stereocenters. The van der Waals surface area contributed by atoms with Crippen LogP contribution in [-0.2, 0) is 11.3 Å². The van der Waals surface area contributed by atoms with Gasteiger partial charge in [-0.25, -0.2) is 9.78 Å². The first-order valence-corrected chi connectivity index (χ1v) is 10.8. The SMILES string of the molecule is Cc1cccc(-c2nn(CC(=O)Nc3ccc(C(=O)O)cn3)cc2-c2ccnc3ccccc23)n1. The van der Waals surface area contributed by atoms with Crippen LogP contribution >= 0.6 is 0 Å². The van der Waals surface area contributed by atoms with E-state index in [0.29, 0.717) is 11.4 Å². The molecule has 1 amide bonds. The zero-order valence-electron chi connectivity index (χ0n) is 18.7. The quantitative estimate of drug-likeness (QED) is 0.386. The average Bonchev–Trinajstić information content (AvgIpc) is 3.27. The Morgan fingerprint density at radius 3 is 2.60 bits per heavy atom. The van der Waals surface area contributed by atoms with Crippen LogP contribution in [0, 0.1) is 6.92 Å². The van der Waals surface area contributed by atoms with E-state index in [9.17, 15) is 9.59 Å². The van der Waals surface area contributed by atoms with Crippen molar-refractivity contribution in [2.45, 2.75) is 13.5 Å². The molecule has 5 aromatic rings. The summed E-state index contributed by atoms with van der Waals surface area (Å²) >= 11 is 0. The zero-order chi connectivity index (χ0) is 24.4. The van der Waals surface area contributed by atoms with Gasteiger partial charge in [-0.3, -0.25) is 19.4 Å². The predicted molar refractivity (Wildman–Crippen MR) is 131 cm³/mol. The molecule has 4 heterocycles. The van der Waals surface area contributed by atoms with Crippen molar-refractivity contribution in [3.8, 4) is 22.5 Å². The number of aryl methyl sites for hydroxylation is 1. The summed E-state index contributed by atoms with van der Waals surface area (Å²) in [4.78, 5) is 36.8. The Bertz CT molecular complexity index is 1550. The molecule has 2 N–H and O–H groups in total. The van der Waals surface area contributed by atoms with E-state index in [1.165, 1.54) is 18.3 Å². The van der Waals surface area contributed by atoms with Crippen LogP contribution in [0.5, 0.6) is 0 Å². The number of carboxylic acids is 1. The third kappa shape index (κ3) is 4.60. The molecular formula is C26H20N6O3. The predicted octanol–water partition coefficient (Wildman–Crippen LogP) is 4.20. The van der Waals surface area contributed by atoms with Gasteiger partial charge in [-0.05, 0) is 48.9 Å². The van der Waals surface area contributed by atoms with Gasteiger partial charge in [0.2, 0.25) is 5.91 Å². The fourth-order valence-electron chi connectivity index (χ4n) is 3.82. The molecule has 0 aliphatic carbocycles. The number of carboxylic acid groups (broad SMARTS) is 1. The number of nitrogens with one attached hydrogen (secondary N) is 1. The van der Waals surface area contributed by atoms with Crippen LogP contribution in [0.25, 0.3) is 33.4 Å². The Balaban J connectivity index is 1.50. The molecule has 35 heavy (non-hydrogen) atoms. The second-order valence-electron chi connectivity index (χ2n) is 7.91. The number of carbonyl (C=O) groups is 2. The first kappa shape index (κ1) is 21.9. The van der Waals surface area contributed by atoms with Gasteiger partial charge in [0.25, 0.3) is 0 Å². The van der Waals surface area contributed by atoms with Crippen LogP contribution in [-0.4, -0.2) is 41.7 Å². The highest BCUT2D eigenvalue weighted by Gasteiger charge is 2.18. The van der Waals surface area contributed by atoms with E-state index < -0.39 is 5.97 Å². The molecule has 4 aromatic heterocycles. The molecule has 1 aromatic carbocycles. The number of aromatic carboxylic acids is 1. The molecule has 0 bridgehead atoms. The number of benzene rings is 1. The van der Waals surface area contributed by atoms with Gasteiger partial charge >= 0.3 is 5.97 Å². The van der Waals surface area contributed by atoms with Crippen molar-refractivity contribution >= 4 is 28.6 Å². The molecule has 172 valence electrons. The maximum atomic E-state index is 12.7. The maximum Gasteiger partial charge on any atom is 0.337 e. The highest BCUT2D eigenvalue weighted by atomic mass is 16.4. The van der Waals surface area contributed by atoms with Gasteiger partial charge in [-0.2, -0.15) is 5.10 Å². The van der Waals surface area contributed by atoms with E-state index in [0.717, 1.165) is 27.7 Å². The lowest BCUT2D eigenvalue weighted by molar-refractivity contribution is -0.116. The molecule has 0 radical (unpaired) electrons. The third-order valence-corrected chi connectivity index (χ3v) is 5.42. The number of nitrogens with zero attached hydrogens (tertiary/aromatic N) is 5. The standard InChI is InChI=1S/C26H20N6O3/c1-16-5-4-8-22(29-16)25-20(18-11-12-27-21-7-3-2-6-19(18)21)14-32(31-25)15-24(33)30-23-10-9-17(13-28-23)26(34)35/h2-14H,15H2,1H3,(H,34,35)(H,28,30,33). The molecule has 5 rings (SSSR count). The highest BCUT2D eigenvalue weighted by Crippen LogP contribution is 2.34. The normalized spacial score (nSPS) is 10.9. The number of aromatic nitrogens is 5. The Morgan fingerprint density at radius 1 is 0.971 bits per heavy atom. The summed E-state index contributed by atoms with van der Waals surface area (Å²) < 4.78 is 1.56. The Kier molecular flexibility index (Phi) is 5.72. The molecular weight excluding hydrogens is 444 g/mol. The van der Waals surface area contributed by atoms with Crippen LogP contribution in [0.3, 0.4) is 0 Å². The second-order valence-corrected chi connectivity index (χ2v) is 7.91. The second kappa shape index (κ2) is 9.14. The number of rotatable bonds is 6. The van der Waals surface area contributed by atoms with Crippen molar-refractivity contribution in [1.82, 2.24) is 24.7 Å². The van der Waals surface area contributed by atoms with E-state index >= 15 is 0 Å². The molecule has 0 aliphatic heterocycles. The summed E-state index contributed by atoms with van der Waals surface area (Å²) in [5.74, 6) is -1.17. The van der Waals surface area contributed by atoms with Crippen molar-refractivity contribution in [2.24, 2.45) is 0 Å². The summed E-state index contributed by atoms with van der Waals surface area (Å²) in [5.41, 5.74) is 4.88. The largest absolute Gasteiger partial charge is 0.478 e. The van der Waals surface area contributed by atoms with Crippen LogP contribution < -0.4 is 5.32 Å². The Labute approximate surface area is 200 Å². The minimum absolute atomic E-state index is 0.0413. The number of pyridine rings is 3. The van der Waals surface area contributed by atoms with Crippen LogP contribution in [0.1, 0.15) is 16.1 Å². The molecule has 9 heteroatoms. The number of hydrogen-bond donors (Lipinski definition) is 2. The monoisotopic (exact) mass is 464 g/mol. The van der Waals surface area contributed by atoms with Crippen LogP contribution in [0.15, 0.2) is 79.3 Å². The molecule has 0 fully saturated rings. The first-order chi connectivity index (χ1) is 17.0. The molecule has 9 nitrogen and oxygen atoms in total. The molecule has 0 aliphatic rings. The van der Waals surface area contributed by atoms with Crippen molar-refractivity contribution in [2.75, 3.05) is 5.32 Å². The fraction of sp³-hybridized carbons (Fsp3) is 0.0769. The van der Waals surface area contributed by atoms with Crippen LogP contribution in [0.2, 0.25) is 0 Å². The number of amides is 1. The van der Waals surface area contributed by atoms with E-state index in [2.05, 4.69) is 20.3 Å². The van der Waals surface area contributed by atoms with Gasteiger partial charge in [0.1, 0.15) is 18.1 Å². The van der Waals surface area contributed by atoms with Crippen molar-refractivity contribution in [3.05, 3.63) is 90.5 Å². The minimum atomic E-state index is -1.08. The smallest absolute Gasteiger partial charge is 0.337 e. The zero-order valence-corrected chi connectivity index (χ0v) is 18.7. The molecule has 0 saturated carbocycles. The number of anilines is 1. The summed E-state index contributed by atoms with van der Waals surface area (Å²) in [6.45, 7) is 1.85. The lowest BCUT2D eigenvalue weighted by Gasteiger charge is -2.06. The van der Waals surface area contributed by atoms with Gasteiger partial charge in [-0.1, -0.05) is 24.3 Å². The van der Waals surface area contributed by atoms with Gasteiger partial charge in [0.05, 0.1) is 16.8 Å². The van der Waals surface area contributed by atoms with Crippen molar-refractivity contribution in [1.29, 1.82) is 0 Å². The van der Waals surface area contributed by atoms with E-state index in [-0.39, 0.29) is 23.8 Å². The number of hydrogen-bond acceptors (Lipinski definition) is 6. The van der Waals surface area contributed by atoms with Crippen LogP contribution in [0.4, 0.5) is 5.82 Å². The third-order valence-electron chi connectivity index (χ3n) is 5.42. The van der Waals surface area contributed by atoms with Gasteiger partial charge in [-0.15, -0.1) is 0 Å². The van der Waals surface area contributed by atoms with Gasteiger partial charge < -0.3 is 10.4 Å². The summed E-state index contributed by atoms with van der Waals surface area (Å²) in [6.07, 6.45) is 4.77. The maximum absolute atomic E-state index is 12.7. The molecule has 0 unspecified atom stereocenters. The number of para-hydroxylation sites is 1. The Hall–Kier alpha value is -4.92. The first-order valence-electron chi connectivity index (χ1n) is 10.8. The average molecular weight is 464 g/mol. The van der Waals surface area contributed by atoms with Gasteiger partial charge in [0, 0.05) is 35.2 Å². The summed E-state index contributed by atoms with van der Waals surface area (Å²) in [7, 11) is 0. The lowest BCUT2D eigenvalue weighted by Crippen LogP contribution is -2.19. The number of carbonyl (C=O) groups excluding carboxylic acids is 1. The Morgan fingerprint density at radius 2 is 1.83 bits per heavy atom. The fourth-order valence-corrected chi connectivity index (χ4v) is 3.82. The van der Waals surface area contributed by atoms with Crippen molar-refractivity contribution in [3.63, 3.8) is 0 Å². The minimum Gasteiger partial charge on any atom is -0.478 e. The van der Waals surface area contributed by atoms with Crippen molar-refractivity contribution < 1.29 is 14.7 Å². The molecule has 0 saturated heterocycles. The lowest BCUT2D eigenvalue weighted by atomic mass is 10.0. The number of fused-ring (bicyclic) bond motifs is 1. The summed E-state index contributed by atoms with van der Waals surface area (Å²) in [5, 5.41) is 17.3. The van der Waals surface area contributed by atoms with E-state index in [1.54, 1.807) is 10.9 Å². The van der Waals surface area contributed by atoms with Gasteiger partial charge in [0.15, 0.2) is 0 Å². The topological polar surface area (TPSA) is 123 Å². The van der Waals surface area contributed by atoms with E-state index in [4.69, 9.17) is 10.2 Å². The van der Waals surface area contributed by atoms with E-state index in [1.807, 2.05) is 61.7 Å².